The van der Waals surface area contributed by atoms with Crippen molar-refractivity contribution in [2.24, 2.45) is 0 Å². The Morgan fingerprint density at radius 1 is 1.10 bits per heavy atom. The van der Waals surface area contributed by atoms with Crippen molar-refractivity contribution in [2.75, 3.05) is 32.8 Å². The van der Waals surface area contributed by atoms with Crippen LogP contribution in [0.1, 0.15) is 38.5 Å². The maximum absolute atomic E-state index is 12.0. The zero-order valence-corrected chi connectivity index (χ0v) is 12.3. The quantitative estimate of drug-likeness (QED) is 0.788. The third-order valence-corrected chi connectivity index (χ3v) is 4.96. The molecule has 0 bridgehead atoms. The number of rotatable bonds is 4. The minimum absolute atomic E-state index is 0.144. The third-order valence-electron chi connectivity index (χ3n) is 4.96. The van der Waals surface area contributed by atoms with Crippen LogP contribution in [0.5, 0.6) is 0 Å². The second kappa shape index (κ2) is 6.87. The van der Waals surface area contributed by atoms with E-state index >= 15 is 0 Å². The molecule has 0 aromatic carbocycles. The molecule has 0 aliphatic carbocycles. The van der Waals surface area contributed by atoms with Crippen molar-refractivity contribution in [3.05, 3.63) is 0 Å². The highest BCUT2D eigenvalue weighted by Crippen LogP contribution is 2.26. The van der Waals surface area contributed by atoms with E-state index in [1.807, 2.05) is 0 Å². The standard InChI is InChI=1S/C15H27N3O2/c19-15(17-12-4-8-20-9-5-12)11-16-13-3-7-18-6-1-2-14(18)10-13/h12-14,16H,1-11H2,(H,17,19). The Labute approximate surface area is 121 Å². The van der Waals surface area contributed by atoms with Crippen LogP contribution in [0.2, 0.25) is 0 Å². The zero-order chi connectivity index (χ0) is 13.8. The average Bonchev–Trinajstić information content (AvgIpc) is 2.93. The second-order valence-corrected chi connectivity index (χ2v) is 6.39. The van der Waals surface area contributed by atoms with Crippen LogP contribution >= 0.6 is 0 Å². The monoisotopic (exact) mass is 281 g/mol. The molecule has 0 aromatic heterocycles. The van der Waals surface area contributed by atoms with Crippen LogP contribution in [-0.4, -0.2) is 61.8 Å². The number of fused-ring (bicyclic) bond motifs is 1. The number of hydrogen-bond donors (Lipinski definition) is 2. The normalized spacial score (nSPS) is 32.0. The second-order valence-electron chi connectivity index (χ2n) is 6.39. The first-order valence-electron chi connectivity index (χ1n) is 8.16. The molecule has 3 rings (SSSR count). The highest BCUT2D eigenvalue weighted by Gasteiger charge is 2.31. The van der Waals surface area contributed by atoms with Crippen LogP contribution in [-0.2, 0) is 9.53 Å². The van der Waals surface area contributed by atoms with Gasteiger partial charge in [0, 0.05) is 31.3 Å². The van der Waals surface area contributed by atoms with Crippen molar-refractivity contribution in [3.63, 3.8) is 0 Å². The molecule has 0 radical (unpaired) electrons. The first kappa shape index (κ1) is 14.3. The minimum atomic E-state index is 0.144. The molecule has 114 valence electrons. The molecule has 2 N–H and O–H groups in total. The number of nitrogens with zero attached hydrogens (tertiary/aromatic N) is 1. The first-order chi connectivity index (χ1) is 9.81. The summed E-state index contributed by atoms with van der Waals surface area (Å²) in [5.74, 6) is 0.144. The van der Waals surface area contributed by atoms with E-state index in [4.69, 9.17) is 4.74 Å². The van der Waals surface area contributed by atoms with Crippen LogP contribution in [0.15, 0.2) is 0 Å². The van der Waals surface area contributed by atoms with Gasteiger partial charge in [-0.25, -0.2) is 0 Å². The predicted molar refractivity (Wildman–Crippen MR) is 77.6 cm³/mol. The maximum atomic E-state index is 12.0. The van der Waals surface area contributed by atoms with Gasteiger partial charge < -0.3 is 20.3 Å². The van der Waals surface area contributed by atoms with Crippen molar-refractivity contribution in [1.82, 2.24) is 15.5 Å². The molecule has 3 fully saturated rings. The van der Waals surface area contributed by atoms with Gasteiger partial charge in [-0.05, 0) is 51.6 Å². The molecular weight excluding hydrogens is 254 g/mol. The Kier molecular flexibility index (Phi) is 4.91. The molecular formula is C15H27N3O2. The third kappa shape index (κ3) is 3.71. The summed E-state index contributed by atoms with van der Waals surface area (Å²) in [6, 6.07) is 1.60. The van der Waals surface area contributed by atoms with E-state index in [9.17, 15) is 4.79 Å². The van der Waals surface area contributed by atoms with Gasteiger partial charge in [0.15, 0.2) is 0 Å². The zero-order valence-electron chi connectivity index (χ0n) is 12.3. The molecule has 0 saturated carbocycles. The molecule has 20 heavy (non-hydrogen) atoms. The van der Waals surface area contributed by atoms with E-state index in [-0.39, 0.29) is 5.91 Å². The summed E-state index contributed by atoms with van der Waals surface area (Å²) in [5, 5.41) is 6.57. The van der Waals surface area contributed by atoms with Crippen molar-refractivity contribution in [2.45, 2.75) is 56.7 Å². The lowest BCUT2D eigenvalue weighted by Gasteiger charge is -2.35. The topological polar surface area (TPSA) is 53.6 Å². The Balaban J connectivity index is 1.35. The van der Waals surface area contributed by atoms with Gasteiger partial charge in [-0.1, -0.05) is 0 Å². The van der Waals surface area contributed by atoms with Gasteiger partial charge >= 0.3 is 0 Å². The summed E-state index contributed by atoms with van der Waals surface area (Å²) in [6.45, 7) is 4.50. The number of amides is 1. The Morgan fingerprint density at radius 2 is 1.95 bits per heavy atom. The van der Waals surface area contributed by atoms with Crippen LogP contribution < -0.4 is 10.6 Å². The van der Waals surface area contributed by atoms with Crippen molar-refractivity contribution in [1.29, 1.82) is 0 Å². The minimum Gasteiger partial charge on any atom is -0.381 e. The Hall–Kier alpha value is -0.650. The molecule has 1 amide bonds. The molecule has 3 aliphatic heterocycles. The number of carbonyl (C=O) groups excluding carboxylic acids is 1. The largest absolute Gasteiger partial charge is 0.381 e. The summed E-state index contributed by atoms with van der Waals surface area (Å²) < 4.78 is 5.30. The molecule has 5 nitrogen and oxygen atoms in total. The van der Waals surface area contributed by atoms with Gasteiger partial charge in [-0.15, -0.1) is 0 Å². The Bertz CT molecular complexity index is 331. The molecule has 5 heteroatoms. The van der Waals surface area contributed by atoms with Gasteiger partial charge in [0.2, 0.25) is 5.91 Å². The first-order valence-corrected chi connectivity index (χ1v) is 8.16. The van der Waals surface area contributed by atoms with E-state index in [0.29, 0.717) is 18.6 Å². The Morgan fingerprint density at radius 3 is 2.80 bits per heavy atom. The lowest BCUT2D eigenvalue weighted by molar-refractivity contribution is -0.121. The van der Waals surface area contributed by atoms with Gasteiger partial charge in [-0.2, -0.15) is 0 Å². The summed E-state index contributed by atoms with van der Waals surface area (Å²) in [6.07, 6.45) is 6.98. The fourth-order valence-corrected chi connectivity index (χ4v) is 3.77. The van der Waals surface area contributed by atoms with Crippen LogP contribution in [0.4, 0.5) is 0 Å². The predicted octanol–water partition coefficient (Wildman–Crippen LogP) is 0.498. The number of hydrogen-bond acceptors (Lipinski definition) is 4. The summed E-state index contributed by atoms with van der Waals surface area (Å²) >= 11 is 0. The molecule has 0 spiro atoms. The van der Waals surface area contributed by atoms with Crippen LogP contribution in [0.25, 0.3) is 0 Å². The maximum Gasteiger partial charge on any atom is 0.234 e. The summed E-state index contributed by atoms with van der Waals surface area (Å²) in [4.78, 5) is 14.6. The van der Waals surface area contributed by atoms with Crippen molar-refractivity contribution in [3.8, 4) is 0 Å². The summed E-state index contributed by atoms with van der Waals surface area (Å²) in [7, 11) is 0. The smallest absolute Gasteiger partial charge is 0.234 e. The highest BCUT2D eigenvalue weighted by molar-refractivity contribution is 5.78. The molecule has 0 aromatic rings. The fourth-order valence-electron chi connectivity index (χ4n) is 3.77. The van der Waals surface area contributed by atoms with E-state index in [2.05, 4.69) is 15.5 Å². The van der Waals surface area contributed by atoms with Gasteiger partial charge in [-0.3, -0.25) is 4.79 Å². The SMILES string of the molecule is O=C(CNC1CCN2CCCC2C1)NC1CCOCC1. The van der Waals surface area contributed by atoms with Gasteiger partial charge in [0.05, 0.1) is 6.54 Å². The number of nitrogens with one attached hydrogen (secondary N) is 2. The molecule has 3 aliphatic rings. The number of piperidine rings is 1. The molecule has 3 saturated heterocycles. The van der Waals surface area contributed by atoms with E-state index in [1.54, 1.807) is 0 Å². The van der Waals surface area contributed by atoms with Crippen LogP contribution in [0.3, 0.4) is 0 Å². The van der Waals surface area contributed by atoms with Crippen LogP contribution in [0, 0.1) is 0 Å². The van der Waals surface area contributed by atoms with E-state index in [1.165, 1.54) is 38.8 Å². The average molecular weight is 281 g/mol. The van der Waals surface area contributed by atoms with Crippen molar-refractivity contribution < 1.29 is 9.53 Å². The molecule has 3 heterocycles. The van der Waals surface area contributed by atoms with Crippen molar-refractivity contribution >= 4 is 5.91 Å². The van der Waals surface area contributed by atoms with E-state index < -0.39 is 0 Å². The lowest BCUT2D eigenvalue weighted by atomic mass is 9.97. The summed E-state index contributed by atoms with van der Waals surface area (Å²) in [5.41, 5.74) is 0. The molecule has 2 unspecified atom stereocenters. The number of ether oxygens (including phenoxy) is 1. The van der Waals surface area contributed by atoms with Gasteiger partial charge in [0.25, 0.3) is 0 Å². The fraction of sp³-hybridized carbons (Fsp3) is 0.933. The molecule has 2 atom stereocenters. The van der Waals surface area contributed by atoms with Gasteiger partial charge in [0.1, 0.15) is 0 Å². The highest BCUT2D eigenvalue weighted by atomic mass is 16.5. The lowest BCUT2D eigenvalue weighted by Crippen LogP contribution is -2.49. The number of carbonyl (C=O) groups is 1. The van der Waals surface area contributed by atoms with E-state index in [0.717, 1.165) is 32.1 Å².